The van der Waals surface area contributed by atoms with E-state index < -0.39 is 0 Å². The second kappa shape index (κ2) is 6.48. The molecule has 0 aliphatic carbocycles. The van der Waals surface area contributed by atoms with Gasteiger partial charge < -0.3 is 10.5 Å². The number of hydrogen-bond acceptors (Lipinski definition) is 3. The van der Waals surface area contributed by atoms with Crippen LogP contribution in [0, 0.1) is 10.8 Å². The summed E-state index contributed by atoms with van der Waals surface area (Å²) in [6, 6.07) is 5.74. The zero-order valence-corrected chi connectivity index (χ0v) is 13.4. The van der Waals surface area contributed by atoms with E-state index in [1.165, 1.54) is 19.3 Å². The van der Waals surface area contributed by atoms with Crippen molar-refractivity contribution in [1.82, 2.24) is 4.90 Å². The Hall–Kier alpha value is -1.55. The van der Waals surface area contributed by atoms with Crippen LogP contribution in [0.25, 0.3) is 0 Å². The highest BCUT2D eigenvalue weighted by Crippen LogP contribution is 2.31. The molecule has 4 nitrogen and oxygen atoms in total. The van der Waals surface area contributed by atoms with Crippen molar-refractivity contribution in [2.24, 2.45) is 11.1 Å². The van der Waals surface area contributed by atoms with Crippen LogP contribution in [-0.4, -0.2) is 30.9 Å². The summed E-state index contributed by atoms with van der Waals surface area (Å²) in [6.45, 7) is 7.80. The molecule has 3 N–H and O–H groups in total. The number of nitrogens with zero attached hydrogens (tertiary/aromatic N) is 1. The van der Waals surface area contributed by atoms with Crippen LogP contribution in [0.4, 0.5) is 0 Å². The third-order valence-electron chi connectivity index (χ3n) is 4.42. The molecule has 1 aliphatic rings. The number of methoxy groups -OCH3 is 1. The number of nitrogen functional groups attached to an aromatic ring is 1. The molecule has 0 radical (unpaired) electrons. The average Bonchev–Trinajstić information content (AvgIpc) is 2.60. The van der Waals surface area contributed by atoms with E-state index in [1.807, 2.05) is 18.2 Å². The Morgan fingerprint density at radius 3 is 2.76 bits per heavy atom. The Bertz CT molecular complexity index is 511. The van der Waals surface area contributed by atoms with Crippen molar-refractivity contribution in [3.63, 3.8) is 0 Å². The van der Waals surface area contributed by atoms with E-state index in [1.54, 1.807) is 7.11 Å². The third kappa shape index (κ3) is 4.21. The Labute approximate surface area is 127 Å². The van der Waals surface area contributed by atoms with Crippen LogP contribution in [0.3, 0.4) is 0 Å². The molecule has 1 aromatic rings. The summed E-state index contributed by atoms with van der Waals surface area (Å²) < 4.78 is 5.46. The quantitative estimate of drug-likeness (QED) is 0.661. The molecule has 0 atom stereocenters. The lowest BCUT2D eigenvalue weighted by Gasteiger charge is -2.24. The number of likely N-dealkylation sites (tertiary alicyclic amines) is 1. The number of ether oxygens (including phenoxy) is 1. The van der Waals surface area contributed by atoms with Crippen LogP contribution >= 0.6 is 0 Å². The molecule has 21 heavy (non-hydrogen) atoms. The van der Waals surface area contributed by atoms with Gasteiger partial charge >= 0.3 is 0 Å². The first kappa shape index (κ1) is 15.8. The second-order valence-corrected chi connectivity index (χ2v) is 6.73. The maximum Gasteiger partial charge on any atom is 0.123 e. The van der Waals surface area contributed by atoms with Crippen molar-refractivity contribution < 1.29 is 4.74 Å². The smallest absolute Gasteiger partial charge is 0.123 e. The highest BCUT2D eigenvalue weighted by atomic mass is 16.5. The van der Waals surface area contributed by atoms with Crippen molar-refractivity contribution in [1.29, 1.82) is 5.41 Å². The minimum atomic E-state index is 0.107. The van der Waals surface area contributed by atoms with Gasteiger partial charge in [-0.3, -0.25) is 10.3 Å². The first-order chi connectivity index (χ1) is 9.91. The van der Waals surface area contributed by atoms with Gasteiger partial charge in [-0.2, -0.15) is 0 Å². The average molecular weight is 289 g/mol. The predicted octanol–water partition coefficient (Wildman–Crippen LogP) is 2.99. The first-order valence-electron chi connectivity index (χ1n) is 7.65. The number of rotatable bonds is 4. The summed E-state index contributed by atoms with van der Waals surface area (Å²) in [5.74, 6) is 0.986. The van der Waals surface area contributed by atoms with Crippen molar-refractivity contribution in [2.45, 2.75) is 39.7 Å². The summed E-state index contributed by atoms with van der Waals surface area (Å²) in [5, 5.41) is 7.59. The van der Waals surface area contributed by atoms with Crippen molar-refractivity contribution in [2.75, 3.05) is 20.2 Å². The summed E-state index contributed by atoms with van der Waals surface area (Å²) in [5.41, 5.74) is 7.92. The van der Waals surface area contributed by atoms with Crippen LogP contribution in [-0.2, 0) is 6.54 Å². The molecule has 4 heteroatoms. The Morgan fingerprint density at radius 2 is 2.10 bits per heavy atom. The molecule has 1 aromatic carbocycles. The fraction of sp³-hybridized carbons (Fsp3) is 0.588. The summed E-state index contributed by atoms with van der Waals surface area (Å²) in [7, 11) is 1.69. The molecule has 116 valence electrons. The minimum absolute atomic E-state index is 0.107. The number of amidine groups is 1. The minimum Gasteiger partial charge on any atom is -0.496 e. The molecule has 1 saturated heterocycles. The lowest BCUT2D eigenvalue weighted by atomic mass is 9.85. The SMILES string of the molecule is COc1ccc(C(=N)N)cc1CN1CCCC(C)(C)CC1. The Morgan fingerprint density at radius 1 is 1.33 bits per heavy atom. The van der Waals surface area contributed by atoms with Gasteiger partial charge in [0, 0.05) is 17.7 Å². The van der Waals surface area contributed by atoms with Gasteiger partial charge in [-0.15, -0.1) is 0 Å². The Kier molecular flexibility index (Phi) is 4.88. The number of hydrogen-bond donors (Lipinski definition) is 2. The zero-order valence-electron chi connectivity index (χ0n) is 13.4. The van der Waals surface area contributed by atoms with Crippen LogP contribution < -0.4 is 10.5 Å². The molecule has 1 aliphatic heterocycles. The highest BCUT2D eigenvalue weighted by Gasteiger charge is 2.23. The summed E-state index contributed by atoms with van der Waals surface area (Å²) >= 11 is 0. The monoisotopic (exact) mass is 289 g/mol. The lowest BCUT2D eigenvalue weighted by Crippen LogP contribution is -2.25. The van der Waals surface area contributed by atoms with E-state index in [4.69, 9.17) is 15.9 Å². The molecular weight excluding hydrogens is 262 g/mol. The first-order valence-corrected chi connectivity index (χ1v) is 7.65. The fourth-order valence-electron chi connectivity index (χ4n) is 2.95. The molecule has 1 fully saturated rings. The van der Waals surface area contributed by atoms with Crippen molar-refractivity contribution in [3.05, 3.63) is 29.3 Å². The molecular formula is C17H27N3O. The van der Waals surface area contributed by atoms with Gasteiger partial charge in [-0.1, -0.05) is 13.8 Å². The predicted molar refractivity (Wildman–Crippen MR) is 86.9 cm³/mol. The number of benzene rings is 1. The van der Waals surface area contributed by atoms with Gasteiger partial charge in [0.1, 0.15) is 11.6 Å². The highest BCUT2D eigenvalue weighted by molar-refractivity contribution is 5.95. The molecule has 2 rings (SSSR count). The molecule has 0 bridgehead atoms. The van der Waals surface area contributed by atoms with E-state index in [2.05, 4.69) is 18.7 Å². The summed E-state index contributed by atoms with van der Waals surface area (Å²) in [4.78, 5) is 2.48. The maximum atomic E-state index is 7.59. The van der Waals surface area contributed by atoms with Gasteiger partial charge in [0.05, 0.1) is 7.11 Å². The van der Waals surface area contributed by atoms with Gasteiger partial charge in [0.2, 0.25) is 0 Å². The van der Waals surface area contributed by atoms with Gasteiger partial charge in [-0.25, -0.2) is 0 Å². The third-order valence-corrected chi connectivity index (χ3v) is 4.42. The van der Waals surface area contributed by atoms with Crippen molar-refractivity contribution in [3.8, 4) is 5.75 Å². The number of nitrogens with one attached hydrogen (secondary N) is 1. The van der Waals surface area contributed by atoms with Crippen molar-refractivity contribution >= 4 is 5.84 Å². The van der Waals surface area contributed by atoms with E-state index in [0.717, 1.165) is 36.5 Å². The largest absolute Gasteiger partial charge is 0.496 e. The second-order valence-electron chi connectivity index (χ2n) is 6.73. The fourth-order valence-corrected chi connectivity index (χ4v) is 2.95. The van der Waals surface area contributed by atoms with E-state index in [9.17, 15) is 0 Å². The normalized spacial score (nSPS) is 19.0. The molecule has 1 heterocycles. The van der Waals surface area contributed by atoms with Gasteiger partial charge in [0.25, 0.3) is 0 Å². The molecule has 0 amide bonds. The van der Waals surface area contributed by atoms with Crippen LogP contribution in [0.2, 0.25) is 0 Å². The van der Waals surface area contributed by atoms with Crippen LogP contribution in [0.15, 0.2) is 18.2 Å². The van der Waals surface area contributed by atoms with E-state index in [-0.39, 0.29) is 5.84 Å². The van der Waals surface area contributed by atoms with E-state index in [0.29, 0.717) is 5.41 Å². The molecule has 0 spiro atoms. The van der Waals surface area contributed by atoms with E-state index >= 15 is 0 Å². The standard InChI is InChI=1S/C17H27N3O/c1-17(2)7-4-9-20(10-8-17)12-14-11-13(16(18)19)5-6-15(14)21-3/h5-6,11H,4,7-10,12H2,1-3H3,(H3,18,19). The lowest BCUT2D eigenvalue weighted by molar-refractivity contribution is 0.252. The Balaban J connectivity index is 2.14. The number of nitrogens with two attached hydrogens (primary N) is 1. The van der Waals surface area contributed by atoms with Crippen LogP contribution in [0.1, 0.15) is 44.2 Å². The zero-order chi connectivity index (χ0) is 15.5. The molecule has 0 unspecified atom stereocenters. The van der Waals surface area contributed by atoms with Gasteiger partial charge in [0.15, 0.2) is 0 Å². The van der Waals surface area contributed by atoms with Gasteiger partial charge in [-0.05, 0) is 56.0 Å². The topological polar surface area (TPSA) is 62.3 Å². The van der Waals surface area contributed by atoms with Crippen LogP contribution in [0.5, 0.6) is 5.75 Å². The summed E-state index contributed by atoms with van der Waals surface area (Å²) in [6.07, 6.45) is 3.75. The maximum absolute atomic E-state index is 7.59. The molecule has 0 aromatic heterocycles. The molecule has 0 saturated carbocycles.